The van der Waals surface area contributed by atoms with Crippen LogP contribution in [0.4, 0.5) is 5.13 Å². The fraction of sp³-hybridized carbons (Fsp3) is 0.333. The predicted octanol–water partition coefficient (Wildman–Crippen LogP) is 4.14. The Kier molecular flexibility index (Phi) is 8.35. The third-order valence-electron chi connectivity index (χ3n) is 6.60. The molecule has 1 unspecified atom stereocenters. The first-order valence-corrected chi connectivity index (χ1v) is 15.1. The highest BCUT2D eigenvalue weighted by Gasteiger charge is 2.37. The summed E-state index contributed by atoms with van der Waals surface area (Å²) >= 11 is 0.865. The van der Waals surface area contributed by atoms with E-state index >= 15 is 0 Å². The topological polar surface area (TPSA) is 178 Å². The summed E-state index contributed by atoms with van der Waals surface area (Å²) in [6, 6.07) is 9.81. The monoisotopic (exact) mass is 602 g/mol. The molecule has 3 N–H and O–H groups in total. The lowest BCUT2D eigenvalue weighted by molar-refractivity contribution is -0.136. The number of sulfone groups is 1. The zero-order chi connectivity index (χ0) is 29.1. The number of carboxylic acid groups (broad SMARTS) is 2. The average molecular weight is 603 g/mol. The Morgan fingerprint density at radius 1 is 0.976 bits per heavy atom. The van der Waals surface area contributed by atoms with E-state index in [9.17, 15) is 33.0 Å². The Labute approximate surface area is 238 Å². The van der Waals surface area contributed by atoms with Gasteiger partial charge in [-0.3, -0.25) is 10.1 Å². The van der Waals surface area contributed by atoms with E-state index in [-0.39, 0.29) is 43.3 Å². The SMILES string of the molecule is O=C(O)c1cccc(C(=O)O)c1Oc1cnc(NC(=O)C(OC2CCOCC2)c2ccc(S(=O)(=O)C3CC3)cc2)s1. The van der Waals surface area contributed by atoms with Crippen LogP contribution in [0.5, 0.6) is 10.8 Å². The number of nitrogens with one attached hydrogen (secondary N) is 1. The van der Waals surface area contributed by atoms with E-state index in [0.29, 0.717) is 44.5 Å². The lowest BCUT2D eigenvalue weighted by Crippen LogP contribution is -2.31. The number of anilines is 1. The highest BCUT2D eigenvalue weighted by molar-refractivity contribution is 7.92. The molecule has 1 aliphatic heterocycles. The normalized spacial score (nSPS) is 16.6. The molecule has 0 bridgehead atoms. The van der Waals surface area contributed by atoms with Crippen molar-refractivity contribution in [2.75, 3.05) is 18.5 Å². The Bertz CT molecular complexity index is 1530. The fourth-order valence-electron chi connectivity index (χ4n) is 4.32. The van der Waals surface area contributed by atoms with Crippen LogP contribution in [0.3, 0.4) is 0 Å². The number of hydrogen-bond donors (Lipinski definition) is 3. The zero-order valence-electron chi connectivity index (χ0n) is 21.5. The number of thiazole rings is 1. The van der Waals surface area contributed by atoms with Gasteiger partial charge in [0.25, 0.3) is 5.91 Å². The van der Waals surface area contributed by atoms with Crippen LogP contribution < -0.4 is 10.1 Å². The van der Waals surface area contributed by atoms with Crippen molar-refractivity contribution in [1.29, 1.82) is 0 Å². The minimum absolute atomic E-state index is 0.0491. The Balaban J connectivity index is 1.36. The molecule has 2 aliphatic rings. The van der Waals surface area contributed by atoms with Crippen molar-refractivity contribution in [2.45, 2.75) is 48.0 Å². The first-order chi connectivity index (χ1) is 19.6. The fourth-order valence-corrected chi connectivity index (χ4v) is 6.65. The summed E-state index contributed by atoms with van der Waals surface area (Å²) in [5.74, 6) is -3.67. The van der Waals surface area contributed by atoms with E-state index in [1.165, 1.54) is 36.5 Å². The number of carbonyl (C=O) groups excluding carboxylic acids is 1. The molecular formula is C27H26N2O10S2. The summed E-state index contributed by atoms with van der Waals surface area (Å²) in [6.45, 7) is 0.974. The van der Waals surface area contributed by atoms with E-state index in [4.69, 9.17) is 14.2 Å². The zero-order valence-corrected chi connectivity index (χ0v) is 23.2. The van der Waals surface area contributed by atoms with Gasteiger partial charge in [-0.2, -0.15) is 0 Å². The van der Waals surface area contributed by atoms with Gasteiger partial charge in [-0.15, -0.1) is 0 Å². The van der Waals surface area contributed by atoms with E-state index < -0.39 is 33.8 Å². The van der Waals surface area contributed by atoms with E-state index in [2.05, 4.69) is 10.3 Å². The molecule has 3 aromatic rings. The second-order valence-electron chi connectivity index (χ2n) is 9.51. The molecular weight excluding hydrogens is 576 g/mol. The Hall–Kier alpha value is -3.85. The second kappa shape index (κ2) is 11.9. The first kappa shape index (κ1) is 28.7. The molecule has 1 aliphatic carbocycles. The second-order valence-corrected chi connectivity index (χ2v) is 12.7. The van der Waals surface area contributed by atoms with Gasteiger partial charge in [0.2, 0.25) is 5.06 Å². The van der Waals surface area contributed by atoms with Crippen molar-refractivity contribution < 1.29 is 47.2 Å². The van der Waals surface area contributed by atoms with Gasteiger partial charge < -0.3 is 24.4 Å². The number of carbonyl (C=O) groups is 3. The smallest absolute Gasteiger partial charge is 0.339 e. The lowest BCUT2D eigenvalue weighted by atomic mass is 10.1. The molecule has 14 heteroatoms. The number of ether oxygens (including phenoxy) is 3. The number of amides is 1. The molecule has 12 nitrogen and oxygen atoms in total. The van der Waals surface area contributed by atoms with E-state index in [1.54, 1.807) is 12.1 Å². The third kappa shape index (κ3) is 6.56. The van der Waals surface area contributed by atoms with Gasteiger partial charge in [0, 0.05) is 13.2 Å². The molecule has 5 rings (SSSR count). The third-order valence-corrected chi connectivity index (χ3v) is 9.67. The summed E-state index contributed by atoms with van der Waals surface area (Å²) in [5.41, 5.74) is -0.236. The summed E-state index contributed by atoms with van der Waals surface area (Å²) in [6.07, 6.45) is 2.34. The molecule has 2 aromatic carbocycles. The van der Waals surface area contributed by atoms with Gasteiger partial charge >= 0.3 is 11.9 Å². The van der Waals surface area contributed by atoms with Crippen LogP contribution in [-0.4, -0.2) is 66.0 Å². The van der Waals surface area contributed by atoms with Gasteiger partial charge in [0.15, 0.2) is 26.8 Å². The molecule has 216 valence electrons. The van der Waals surface area contributed by atoms with Crippen LogP contribution in [0.25, 0.3) is 0 Å². The van der Waals surface area contributed by atoms with Gasteiger partial charge in [0.05, 0.1) is 22.4 Å². The first-order valence-electron chi connectivity index (χ1n) is 12.7. The van der Waals surface area contributed by atoms with Crippen molar-refractivity contribution in [1.82, 2.24) is 4.98 Å². The number of rotatable bonds is 11. The van der Waals surface area contributed by atoms with Crippen molar-refractivity contribution in [2.24, 2.45) is 0 Å². The average Bonchev–Trinajstić information content (AvgIpc) is 3.74. The molecule has 1 saturated carbocycles. The maximum Gasteiger partial charge on any atom is 0.339 e. The molecule has 0 radical (unpaired) electrons. The van der Waals surface area contributed by atoms with Gasteiger partial charge in [-0.25, -0.2) is 23.0 Å². The summed E-state index contributed by atoms with van der Waals surface area (Å²) in [7, 11) is -3.40. The van der Waals surface area contributed by atoms with E-state index in [0.717, 1.165) is 11.3 Å². The molecule has 2 fully saturated rings. The summed E-state index contributed by atoms with van der Waals surface area (Å²) in [5, 5.41) is 21.4. The Morgan fingerprint density at radius 2 is 1.61 bits per heavy atom. The van der Waals surface area contributed by atoms with Crippen LogP contribution >= 0.6 is 11.3 Å². The number of carboxylic acids is 2. The highest BCUT2D eigenvalue weighted by Crippen LogP contribution is 2.36. The molecule has 1 saturated heterocycles. The minimum atomic E-state index is -3.40. The molecule has 0 spiro atoms. The molecule has 1 aromatic heterocycles. The standard InChI is InChI=1S/C27H26N2O10S2/c30-24(29-27-28-14-21(40-27)39-23-19(25(31)32)2-1-3-20(23)26(33)34)22(38-16-10-12-37-13-11-16)15-4-6-17(7-5-15)41(35,36)18-8-9-18/h1-7,14,16,18,22H,8-13H2,(H,31,32)(H,33,34)(H,28,29,30). The van der Waals surface area contributed by atoms with Crippen molar-refractivity contribution in [3.63, 3.8) is 0 Å². The van der Waals surface area contributed by atoms with Crippen LogP contribution in [-0.2, 0) is 24.1 Å². The van der Waals surface area contributed by atoms with Gasteiger partial charge in [-0.1, -0.05) is 29.5 Å². The minimum Gasteiger partial charge on any atom is -0.478 e. The lowest BCUT2D eigenvalue weighted by Gasteiger charge is -2.27. The number of para-hydroxylation sites is 1. The molecule has 1 amide bonds. The maximum atomic E-state index is 13.4. The van der Waals surface area contributed by atoms with Crippen LogP contribution in [0.2, 0.25) is 0 Å². The van der Waals surface area contributed by atoms with Crippen molar-refractivity contribution in [3.8, 4) is 10.8 Å². The number of hydrogen-bond acceptors (Lipinski definition) is 10. The Morgan fingerprint density at radius 3 is 2.20 bits per heavy atom. The number of benzene rings is 2. The number of nitrogens with zero attached hydrogens (tertiary/aromatic N) is 1. The molecule has 41 heavy (non-hydrogen) atoms. The van der Waals surface area contributed by atoms with Crippen LogP contribution in [0.15, 0.2) is 53.6 Å². The van der Waals surface area contributed by atoms with Crippen molar-refractivity contribution >= 4 is 44.2 Å². The van der Waals surface area contributed by atoms with Gasteiger partial charge in [0.1, 0.15) is 11.1 Å². The summed E-state index contributed by atoms with van der Waals surface area (Å²) < 4.78 is 42.4. The predicted molar refractivity (Wildman–Crippen MR) is 145 cm³/mol. The van der Waals surface area contributed by atoms with Gasteiger partial charge in [-0.05, 0) is 55.5 Å². The number of aromatic carboxylic acids is 2. The maximum absolute atomic E-state index is 13.4. The largest absolute Gasteiger partial charge is 0.478 e. The summed E-state index contributed by atoms with van der Waals surface area (Å²) in [4.78, 5) is 41.0. The quantitative estimate of drug-likeness (QED) is 0.287. The molecule has 1 atom stereocenters. The van der Waals surface area contributed by atoms with E-state index in [1.807, 2.05) is 0 Å². The highest BCUT2D eigenvalue weighted by atomic mass is 32.2. The number of aromatic nitrogens is 1. The van der Waals surface area contributed by atoms with Crippen molar-refractivity contribution in [3.05, 3.63) is 65.4 Å². The van der Waals surface area contributed by atoms with Crippen LogP contribution in [0.1, 0.15) is 58.1 Å². The van der Waals surface area contributed by atoms with Crippen LogP contribution in [0, 0.1) is 0 Å². The molecule has 2 heterocycles.